The van der Waals surface area contributed by atoms with Gasteiger partial charge in [0, 0.05) is 29.9 Å². The molecule has 6 heteroatoms. The largest absolute Gasteiger partial charge is 0.342 e. The minimum Gasteiger partial charge on any atom is -0.332 e. The van der Waals surface area contributed by atoms with E-state index in [1.54, 1.807) is 24.5 Å². The molecular weight excluding hydrogens is 283 g/mol. The minimum atomic E-state index is -0.280. The second-order valence-electron chi connectivity index (χ2n) is 6.02. The molecule has 3 heterocycles. The molecule has 0 aliphatic carbocycles. The number of hydrogen-bond acceptors (Lipinski definition) is 3. The fraction of sp³-hybridized carbons (Fsp3) is 0.375. The lowest BCUT2D eigenvalue weighted by atomic mass is 9.96. The first-order valence-electron chi connectivity index (χ1n) is 7.56. The number of nitrogens with one attached hydrogen (secondary N) is 2. The van der Waals surface area contributed by atoms with Crippen LogP contribution in [0.1, 0.15) is 19.3 Å². The third-order valence-corrected chi connectivity index (χ3v) is 4.58. The topological polar surface area (TPSA) is 59.0 Å². The highest BCUT2D eigenvalue weighted by atomic mass is 19.1. The van der Waals surface area contributed by atoms with E-state index in [1.807, 2.05) is 0 Å². The van der Waals surface area contributed by atoms with Crippen LogP contribution in [-0.2, 0) is 0 Å². The standard InChI is InChI=1S/C16H17FN4O/c17-12-3-1-10(2-4-12)11-8-18-21(9-11)16(22)20-15-7-13-5-6-14(15)19-13/h1-4,8-9,13-15,19H,5-7H2,(H,20,22)/t13-,14+,15-/m1/s1. The van der Waals surface area contributed by atoms with Gasteiger partial charge in [-0.05, 0) is 37.0 Å². The Morgan fingerprint density at radius 1 is 1.27 bits per heavy atom. The highest BCUT2D eigenvalue weighted by molar-refractivity contribution is 5.78. The average molecular weight is 300 g/mol. The summed E-state index contributed by atoms with van der Waals surface area (Å²) in [6, 6.07) is 7.05. The molecule has 2 fully saturated rings. The highest BCUT2D eigenvalue weighted by Crippen LogP contribution is 2.28. The number of carbonyl (C=O) groups excluding carboxylic acids is 1. The van der Waals surface area contributed by atoms with E-state index < -0.39 is 0 Å². The monoisotopic (exact) mass is 300 g/mol. The van der Waals surface area contributed by atoms with E-state index in [2.05, 4.69) is 15.7 Å². The van der Waals surface area contributed by atoms with Crippen molar-refractivity contribution < 1.29 is 9.18 Å². The van der Waals surface area contributed by atoms with Crippen LogP contribution >= 0.6 is 0 Å². The Morgan fingerprint density at radius 3 is 2.77 bits per heavy atom. The van der Waals surface area contributed by atoms with Gasteiger partial charge in [0.25, 0.3) is 0 Å². The second kappa shape index (κ2) is 5.21. The molecule has 114 valence electrons. The lowest BCUT2D eigenvalue weighted by molar-refractivity contribution is 0.233. The molecule has 0 spiro atoms. The summed E-state index contributed by atoms with van der Waals surface area (Å²) in [6.07, 6.45) is 6.60. The number of benzene rings is 1. The Balaban J connectivity index is 1.46. The predicted molar refractivity (Wildman–Crippen MR) is 79.9 cm³/mol. The Morgan fingerprint density at radius 2 is 2.09 bits per heavy atom. The zero-order valence-electron chi connectivity index (χ0n) is 12.0. The van der Waals surface area contributed by atoms with E-state index in [9.17, 15) is 9.18 Å². The normalized spacial score (nSPS) is 26.3. The molecule has 1 aromatic heterocycles. The number of nitrogens with zero attached hydrogens (tertiary/aromatic N) is 2. The van der Waals surface area contributed by atoms with Crippen LogP contribution in [0.15, 0.2) is 36.7 Å². The molecule has 2 saturated heterocycles. The van der Waals surface area contributed by atoms with Gasteiger partial charge >= 0.3 is 6.03 Å². The molecule has 2 bridgehead atoms. The van der Waals surface area contributed by atoms with Crippen LogP contribution in [0.3, 0.4) is 0 Å². The van der Waals surface area contributed by atoms with E-state index in [4.69, 9.17) is 0 Å². The maximum absolute atomic E-state index is 12.9. The number of fused-ring (bicyclic) bond motifs is 2. The molecule has 0 unspecified atom stereocenters. The lowest BCUT2D eigenvalue weighted by Gasteiger charge is -2.21. The number of amides is 1. The predicted octanol–water partition coefficient (Wildman–Crippen LogP) is 2.14. The van der Waals surface area contributed by atoms with Gasteiger partial charge in [0.2, 0.25) is 0 Å². The summed E-state index contributed by atoms with van der Waals surface area (Å²) in [6.45, 7) is 0. The van der Waals surface area contributed by atoms with Crippen LogP contribution in [0.5, 0.6) is 0 Å². The summed E-state index contributed by atoms with van der Waals surface area (Å²) in [7, 11) is 0. The summed E-state index contributed by atoms with van der Waals surface area (Å²) in [5.74, 6) is -0.280. The van der Waals surface area contributed by atoms with Gasteiger partial charge in [-0.25, -0.2) is 9.18 Å². The first kappa shape index (κ1) is 13.5. The Kier molecular flexibility index (Phi) is 3.18. The van der Waals surface area contributed by atoms with Gasteiger partial charge in [0.05, 0.1) is 6.20 Å². The fourth-order valence-corrected chi connectivity index (χ4v) is 3.43. The van der Waals surface area contributed by atoms with E-state index in [0.29, 0.717) is 12.1 Å². The summed E-state index contributed by atoms with van der Waals surface area (Å²) in [5.41, 5.74) is 1.63. The number of rotatable bonds is 2. The van der Waals surface area contributed by atoms with Crippen molar-refractivity contribution in [2.45, 2.75) is 37.4 Å². The molecule has 22 heavy (non-hydrogen) atoms. The third-order valence-electron chi connectivity index (χ3n) is 4.58. The van der Waals surface area contributed by atoms with E-state index in [-0.39, 0.29) is 17.9 Å². The van der Waals surface area contributed by atoms with Crippen molar-refractivity contribution in [2.24, 2.45) is 0 Å². The fourth-order valence-electron chi connectivity index (χ4n) is 3.43. The summed E-state index contributed by atoms with van der Waals surface area (Å²) < 4.78 is 14.3. The van der Waals surface area contributed by atoms with Crippen molar-refractivity contribution in [1.82, 2.24) is 20.4 Å². The quantitative estimate of drug-likeness (QED) is 0.893. The molecular formula is C16H17FN4O. The summed E-state index contributed by atoms with van der Waals surface area (Å²) in [5, 5.41) is 10.6. The zero-order chi connectivity index (χ0) is 15.1. The number of aromatic nitrogens is 2. The maximum Gasteiger partial charge on any atom is 0.342 e. The van der Waals surface area contributed by atoms with Crippen LogP contribution in [-0.4, -0.2) is 33.9 Å². The van der Waals surface area contributed by atoms with Crippen molar-refractivity contribution in [1.29, 1.82) is 0 Å². The average Bonchev–Trinajstić information content (AvgIpc) is 3.24. The Hall–Kier alpha value is -2.21. The van der Waals surface area contributed by atoms with E-state index in [1.165, 1.54) is 23.2 Å². The summed E-state index contributed by atoms with van der Waals surface area (Å²) >= 11 is 0. The molecule has 5 nitrogen and oxygen atoms in total. The van der Waals surface area contributed by atoms with Crippen molar-refractivity contribution in [3.05, 3.63) is 42.5 Å². The van der Waals surface area contributed by atoms with Gasteiger partial charge in [0.1, 0.15) is 5.82 Å². The van der Waals surface area contributed by atoms with Crippen LogP contribution in [0.2, 0.25) is 0 Å². The molecule has 0 saturated carbocycles. The SMILES string of the molecule is O=C(N[C@@H]1C[C@H]2CC[C@@H]1N2)n1cc(-c2ccc(F)cc2)cn1. The van der Waals surface area contributed by atoms with Gasteiger partial charge in [-0.2, -0.15) is 9.78 Å². The Bertz CT molecular complexity index is 696. The van der Waals surface area contributed by atoms with Crippen LogP contribution in [0.25, 0.3) is 11.1 Å². The molecule has 2 aromatic rings. The molecule has 2 aliphatic rings. The van der Waals surface area contributed by atoms with Gasteiger partial charge in [-0.15, -0.1) is 0 Å². The van der Waals surface area contributed by atoms with Crippen LogP contribution < -0.4 is 10.6 Å². The molecule has 1 amide bonds. The second-order valence-corrected chi connectivity index (χ2v) is 6.02. The highest BCUT2D eigenvalue weighted by Gasteiger charge is 2.39. The summed E-state index contributed by atoms with van der Waals surface area (Å²) in [4.78, 5) is 12.3. The van der Waals surface area contributed by atoms with Crippen molar-refractivity contribution >= 4 is 6.03 Å². The van der Waals surface area contributed by atoms with Crippen molar-refractivity contribution in [3.63, 3.8) is 0 Å². The van der Waals surface area contributed by atoms with Crippen LogP contribution in [0.4, 0.5) is 9.18 Å². The maximum atomic E-state index is 12.9. The van der Waals surface area contributed by atoms with Gasteiger partial charge in [0.15, 0.2) is 0 Å². The Labute approximate surface area is 127 Å². The van der Waals surface area contributed by atoms with Gasteiger partial charge in [-0.3, -0.25) is 0 Å². The molecule has 0 radical (unpaired) electrons. The van der Waals surface area contributed by atoms with Crippen LogP contribution in [0, 0.1) is 5.82 Å². The number of carbonyl (C=O) groups is 1. The number of hydrogen-bond donors (Lipinski definition) is 2. The van der Waals surface area contributed by atoms with E-state index in [0.717, 1.165) is 24.0 Å². The molecule has 2 aliphatic heterocycles. The number of halogens is 1. The molecule has 1 aromatic carbocycles. The first-order chi connectivity index (χ1) is 10.7. The van der Waals surface area contributed by atoms with Gasteiger partial charge in [-0.1, -0.05) is 12.1 Å². The van der Waals surface area contributed by atoms with Crippen molar-refractivity contribution in [2.75, 3.05) is 0 Å². The van der Waals surface area contributed by atoms with E-state index >= 15 is 0 Å². The zero-order valence-corrected chi connectivity index (χ0v) is 12.0. The smallest absolute Gasteiger partial charge is 0.332 e. The third kappa shape index (κ3) is 2.39. The molecule has 4 rings (SSSR count). The van der Waals surface area contributed by atoms with Crippen molar-refractivity contribution in [3.8, 4) is 11.1 Å². The van der Waals surface area contributed by atoms with Gasteiger partial charge < -0.3 is 10.6 Å². The molecule has 2 N–H and O–H groups in total. The minimum absolute atomic E-state index is 0.185. The first-order valence-corrected chi connectivity index (χ1v) is 7.56. The molecule has 3 atom stereocenters. The lowest BCUT2D eigenvalue weighted by Crippen LogP contribution is -2.44.